The van der Waals surface area contributed by atoms with Gasteiger partial charge in [-0.05, 0) is 30.5 Å². The predicted molar refractivity (Wildman–Crippen MR) is 60.8 cm³/mol. The summed E-state index contributed by atoms with van der Waals surface area (Å²) in [5.74, 6) is -0.811. The van der Waals surface area contributed by atoms with E-state index in [1.54, 1.807) is 13.0 Å². The number of benzene rings is 1. The molecule has 0 fully saturated rings. The molecule has 0 heterocycles. The van der Waals surface area contributed by atoms with Crippen LogP contribution in [-0.2, 0) is 22.4 Å². The van der Waals surface area contributed by atoms with Gasteiger partial charge in [0.1, 0.15) is 5.82 Å². The smallest absolute Gasteiger partial charge is 0.310 e. The molecule has 17 heavy (non-hydrogen) atoms. The van der Waals surface area contributed by atoms with Gasteiger partial charge in [-0.2, -0.15) is 5.26 Å². The van der Waals surface area contributed by atoms with Gasteiger partial charge in [-0.25, -0.2) is 4.39 Å². The maximum atomic E-state index is 13.4. The Morgan fingerprint density at radius 1 is 1.41 bits per heavy atom. The molecule has 0 unspecified atom stereocenters. The van der Waals surface area contributed by atoms with E-state index < -0.39 is 11.8 Å². The van der Waals surface area contributed by atoms with E-state index >= 15 is 0 Å². The molecule has 0 aliphatic carbocycles. The van der Waals surface area contributed by atoms with E-state index in [1.807, 2.05) is 13.0 Å². The summed E-state index contributed by atoms with van der Waals surface area (Å²) in [6.45, 7) is 3.83. The number of carbonyl (C=O) groups excluding carboxylic acids is 1. The quantitative estimate of drug-likeness (QED) is 0.753. The molecule has 0 aliphatic heterocycles. The van der Waals surface area contributed by atoms with Crippen molar-refractivity contribution in [1.82, 2.24) is 0 Å². The molecule has 0 spiro atoms. The highest BCUT2D eigenvalue weighted by atomic mass is 19.1. The van der Waals surface area contributed by atoms with Gasteiger partial charge >= 0.3 is 5.97 Å². The van der Waals surface area contributed by atoms with Gasteiger partial charge in [-0.1, -0.05) is 13.0 Å². The minimum absolute atomic E-state index is 0.00398. The number of ether oxygens (including phenoxy) is 1. The van der Waals surface area contributed by atoms with Crippen LogP contribution < -0.4 is 0 Å². The Bertz CT molecular complexity index is 463. The van der Waals surface area contributed by atoms with Gasteiger partial charge in [0.2, 0.25) is 0 Å². The molecule has 0 bridgehead atoms. The van der Waals surface area contributed by atoms with E-state index in [1.165, 1.54) is 6.07 Å². The average molecular weight is 235 g/mol. The summed E-state index contributed by atoms with van der Waals surface area (Å²) in [4.78, 5) is 11.3. The lowest BCUT2D eigenvalue weighted by Crippen LogP contribution is -2.09. The normalized spacial score (nSPS) is 9.76. The van der Waals surface area contributed by atoms with Crippen molar-refractivity contribution in [3.63, 3.8) is 0 Å². The monoisotopic (exact) mass is 235 g/mol. The number of rotatable bonds is 4. The lowest BCUT2D eigenvalue weighted by molar-refractivity contribution is -0.142. The van der Waals surface area contributed by atoms with Crippen LogP contribution in [0.15, 0.2) is 12.1 Å². The second kappa shape index (κ2) is 6.00. The van der Waals surface area contributed by atoms with Gasteiger partial charge in [0, 0.05) is 0 Å². The van der Waals surface area contributed by atoms with E-state index in [9.17, 15) is 9.18 Å². The van der Waals surface area contributed by atoms with Crippen LogP contribution in [0.3, 0.4) is 0 Å². The second-order valence-electron chi connectivity index (χ2n) is 3.55. The zero-order chi connectivity index (χ0) is 12.8. The fourth-order valence-corrected chi connectivity index (χ4v) is 1.56. The van der Waals surface area contributed by atoms with Crippen LogP contribution in [0, 0.1) is 17.1 Å². The van der Waals surface area contributed by atoms with Gasteiger partial charge < -0.3 is 4.74 Å². The van der Waals surface area contributed by atoms with Crippen LogP contribution in [0.1, 0.15) is 30.5 Å². The fourth-order valence-electron chi connectivity index (χ4n) is 1.56. The Balaban J connectivity index is 3.05. The first kappa shape index (κ1) is 13.2. The minimum atomic E-state index is -0.406. The first-order valence-electron chi connectivity index (χ1n) is 5.49. The van der Waals surface area contributed by atoms with E-state index in [2.05, 4.69) is 0 Å². The molecule has 0 radical (unpaired) electrons. The van der Waals surface area contributed by atoms with Crippen molar-refractivity contribution in [3.05, 3.63) is 34.6 Å². The molecular weight excluding hydrogens is 221 g/mol. The summed E-state index contributed by atoms with van der Waals surface area (Å²) in [6.07, 6.45) is 0.525. The maximum absolute atomic E-state index is 13.4. The molecule has 3 nitrogen and oxygen atoms in total. The fraction of sp³-hybridized carbons (Fsp3) is 0.385. The van der Waals surface area contributed by atoms with Crippen LogP contribution in [0.4, 0.5) is 4.39 Å². The van der Waals surface area contributed by atoms with E-state index in [-0.39, 0.29) is 12.0 Å². The number of aryl methyl sites for hydroxylation is 1. The third-order valence-corrected chi connectivity index (χ3v) is 2.41. The Morgan fingerprint density at radius 3 is 2.65 bits per heavy atom. The zero-order valence-corrected chi connectivity index (χ0v) is 9.92. The van der Waals surface area contributed by atoms with Crippen LogP contribution >= 0.6 is 0 Å². The third-order valence-electron chi connectivity index (χ3n) is 2.41. The summed E-state index contributed by atoms with van der Waals surface area (Å²) < 4.78 is 18.2. The zero-order valence-electron chi connectivity index (χ0n) is 9.92. The molecule has 1 aromatic carbocycles. The maximum Gasteiger partial charge on any atom is 0.310 e. The summed E-state index contributed by atoms with van der Waals surface area (Å²) in [5.41, 5.74) is 1.21. The van der Waals surface area contributed by atoms with Gasteiger partial charge in [0.05, 0.1) is 24.7 Å². The standard InChI is InChI=1S/C13H14FNO2/c1-3-9-5-10(7-13(16)17-4-2)11(8-15)6-12(9)14/h5-6H,3-4,7H2,1-2H3. The van der Waals surface area contributed by atoms with E-state index in [0.717, 1.165) is 0 Å². The van der Waals surface area contributed by atoms with Crippen molar-refractivity contribution in [2.24, 2.45) is 0 Å². The number of nitriles is 1. The highest BCUT2D eigenvalue weighted by Crippen LogP contribution is 2.17. The summed E-state index contributed by atoms with van der Waals surface area (Å²) in [7, 11) is 0. The molecule has 1 aromatic rings. The average Bonchev–Trinajstić information content (AvgIpc) is 2.31. The van der Waals surface area contributed by atoms with Crippen LogP contribution in [-0.4, -0.2) is 12.6 Å². The molecule has 0 N–H and O–H groups in total. The number of carbonyl (C=O) groups is 1. The highest BCUT2D eigenvalue weighted by Gasteiger charge is 2.12. The largest absolute Gasteiger partial charge is 0.466 e. The SMILES string of the molecule is CCOC(=O)Cc1cc(CC)c(F)cc1C#N. The number of hydrogen-bond acceptors (Lipinski definition) is 3. The molecule has 0 saturated heterocycles. The van der Waals surface area contributed by atoms with Crippen LogP contribution in [0.5, 0.6) is 0 Å². The highest BCUT2D eigenvalue weighted by molar-refractivity contribution is 5.73. The van der Waals surface area contributed by atoms with Crippen LogP contribution in [0.2, 0.25) is 0 Å². The van der Waals surface area contributed by atoms with Crippen molar-refractivity contribution in [2.75, 3.05) is 6.61 Å². The first-order valence-corrected chi connectivity index (χ1v) is 5.49. The predicted octanol–water partition coefficient (Wildman–Crippen LogP) is 2.37. The first-order chi connectivity index (χ1) is 8.12. The van der Waals surface area contributed by atoms with Crippen molar-refractivity contribution < 1.29 is 13.9 Å². The van der Waals surface area contributed by atoms with Crippen molar-refractivity contribution in [2.45, 2.75) is 26.7 Å². The number of halogens is 1. The summed E-state index contributed by atoms with van der Waals surface area (Å²) in [5, 5.41) is 8.88. The minimum Gasteiger partial charge on any atom is -0.466 e. The van der Waals surface area contributed by atoms with Gasteiger partial charge in [0.25, 0.3) is 0 Å². The summed E-state index contributed by atoms with van der Waals surface area (Å²) in [6, 6.07) is 4.62. The number of nitrogens with zero attached hydrogens (tertiary/aromatic N) is 1. The molecule has 0 aromatic heterocycles. The lowest BCUT2D eigenvalue weighted by Gasteiger charge is -2.07. The number of hydrogen-bond donors (Lipinski definition) is 0. The molecule has 4 heteroatoms. The molecule has 1 rings (SSSR count). The van der Waals surface area contributed by atoms with Crippen molar-refractivity contribution in [3.8, 4) is 6.07 Å². The second-order valence-corrected chi connectivity index (χ2v) is 3.55. The molecular formula is C13H14FNO2. The Hall–Kier alpha value is -1.89. The Morgan fingerprint density at radius 2 is 2.12 bits per heavy atom. The van der Waals surface area contributed by atoms with Crippen molar-refractivity contribution in [1.29, 1.82) is 5.26 Å². The van der Waals surface area contributed by atoms with Crippen molar-refractivity contribution >= 4 is 5.97 Å². The Kier molecular flexibility index (Phi) is 4.65. The van der Waals surface area contributed by atoms with Gasteiger partial charge in [-0.15, -0.1) is 0 Å². The lowest BCUT2D eigenvalue weighted by atomic mass is 10.0. The van der Waals surface area contributed by atoms with Crippen LogP contribution in [0.25, 0.3) is 0 Å². The topological polar surface area (TPSA) is 50.1 Å². The Labute approximate surface area is 99.8 Å². The third kappa shape index (κ3) is 3.28. The summed E-state index contributed by atoms with van der Waals surface area (Å²) >= 11 is 0. The van der Waals surface area contributed by atoms with E-state index in [4.69, 9.17) is 10.00 Å². The molecule has 0 atom stereocenters. The van der Waals surface area contributed by atoms with Gasteiger partial charge in [0.15, 0.2) is 0 Å². The molecule has 0 aliphatic rings. The number of esters is 1. The van der Waals surface area contributed by atoms with Gasteiger partial charge in [-0.3, -0.25) is 4.79 Å². The molecule has 90 valence electrons. The molecule has 0 saturated carbocycles. The van der Waals surface area contributed by atoms with E-state index in [0.29, 0.717) is 24.2 Å². The molecule has 0 amide bonds.